The molecule has 0 saturated heterocycles. The minimum absolute atomic E-state index is 0.0942. The van der Waals surface area contributed by atoms with Gasteiger partial charge in [-0.3, -0.25) is 9.59 Å². The van der Waals surface area contributed by atoms with Gasteiger partial charge in [0.15, 0.2) is 5.78 Å². The summed E-state index contributed by atoms with van der Waals surface area (Å²) in [7, 11) is 0. The third kappa shape index (κ3) is 3.32. The highest BCUT2D eigenvalue weighted by atomic mass is 32.1. The van der Waals surface area contributed by atoms with Crippen LogP contribution >= 0.6 is 11.3 Å². The van der Waals surface area contributed by atoms with Gasteiger partial charge in [0.05, 0.1) is 10.4 Å². The molecule has 0 aliphatic heterocycles. The first-order valence-corrected chi connectivity index (χ1v) is 7.51. The van der Waals surface area contributed by atoms with Crippen LogP contribution < -0.4 is 11.1 Å². The zero-order chi connectivity index (χ0) is 16.1. The normalized spacial score (nSPS) is 10.0. The molecule has 3 N–H and O–H groups in total. The van der Waals surface area contributed by atoms with Gasteiger partial charge in [-0.1, -0.05) is 30.3 Å². The van der Waals surface area contributed by atoms with Crippen molar-refractivity contribution in [1.29, 1.82) is 5.26 Å². The molecule has 6 heteroatoms. The van der Waals surface area contributed by atoms with Gasteiger partial charge in [-0.15, -0.1) is 11.3 Å². The quantitative estimate of drug-likeness (QED) is 0.801. The number of hydrogen-bond donors (Lipinski definition) is 2. The lowest BCUT2D eigenvalue weighted by molar-refractivity contribution is -0.117. The fraction of sp³-hybridized carbons (Fsp3) is 0.188. The van der Waals surface area contributed by atoms with E-state index in [-0.39, 0.29) is 12.2 Å². The Morgan fingerprint density at radius 3 is 2.55 bits per heavy atom. The maximum absolute atomic E-state index is 11.9. The number of thiophene rings is 1. The zero-order valence-corrected chi connectivity index (χ0v) is 12.9. The van der Waals surface area contributed by atoms with E-state index >= 15 is 0 Å². The molecule has 0 spiro atoms. The van der Waals surface area contributed by atoms with E-state index in [0.717, 1.165) is 5.56 Å². The predicted octanol–water partition coefficient (Wildman–Crippen LogP) is 2.78. The number of primary amides is 1. The SMILES string of the molecule is CC(=O)c1sc(NCCC(N)=O)c(C#N)c1-c1ccccc1. The first-order chi connectivity index (χ1) is 10.5. The van der Waals surface area contributed by atoms with E-state index < -0.39 is 5.91 Å². The van der Waals surface area contributed by atoms with Crippen LogP contribution in [0.5, 0.6) is 0 Å². The summed E-state index contributed by atoms with van der Waals surface area (Å²) < 4.78 is 0. The van der Waals surface area contributed by atoms with Crippen LogP contribution in [0.2, 0.25) is 0 Å². The van der Waals surface area contributed by atoms with Crippen molar-refractivity contribution >= 4 is 28.0 Å². The number of carbonyl (C=O) groups is 2. The van der Waals surface area contributed by atoms with Crippen LogP contribution in [0.15, 0.2) is 30.3 Å². The summed E-state index contributed by atoms with van der Waals surface area (Å²) in [4.78, 5) is 23.2. The summed E-state index contributed by atoms with van der Waals surface area (Å²) in [6.45, 7) is 1.81. The Morgan fingerprint density at radius 1 is 1.32 bits per heavy atom. The molecule has 0 radical (unpaired) electrons. The van der Waals surface area contributed by atoms with Crippen molar-refractivity contribution in [3.8, 4) is 17.2 Å². The number of nitrogens with zero attached hydrogens (tertiary/aromatic N) is 1. The highest BCUT2D eigenvalue weighted by Crippen LogP contribution is 2.40. The molecule has 2 aromatic rings. The Morgan fingerprint density at radius 2 is 2.00 bits per heavy atom. The monoisotopic (exact) mass is 313 g/mol. The standard InChI is InChI=1S/C16H15N3O2S/c1-10(20)15-14(11-5-3-2-4-6-11)12(9-17)16(22-15)19-8-7-13(18)21/h2-6,19H,7-8H2,1H3,(H2,18,21). The van der Waals surface area contributed by atoms with Gasteiger partial charge in [0.2, 0.25) is 5.91 Å². The van der Waals surface area contributed by atoms with Gasteiger partial charge in [0, 0.05) is 18.5 Å². The second kappa shape index (κ2) is 6.87. The highest BCUT2D eigenvalue weighted by Gasteiger charge is 2.21. The molecule has 1 amide bonds. The number of nitriles is 1. The molecule has 1 aromatic heterocycles. The molecular weight excluding hydrogens is 298 g/mol. The number of ketones is 1. The molecular formula is C16H15N3O2S. The zero-order valence-electron chi connectivity index (χ0n) is 12.1. The Kier molecular flexibility index (Phi) is 4.92. The first kappa shape index (κ1) is 15.7. The molecule has 0 aliphatic carbocycles. The first-order valence-electron chi connectivity index (χ1n) is 6.70. The average molecular weight is 313 g/mol. The highest BCUT2D eigenvalue weighted by molar-refractivity contribution is 7.18. The van der Waals surface area contributed by atoms with E-state index in [1.54, 1.807) is 0 Å². The lowest BCUT2D eigenvalue weighted by Crippen LogP contribution is -2.15. The second-order valence-electron chi connectivity index (χ2n) is 4.69. The van der Waals surface area contributed by atoms with Crippen molar-refractivity contribution in [2.24, 2.45) is 5.73 Å². The Bertz CT molecular complexity index is 745. The van der Waals surface area contributed by atoms with Gasteiger partial charge in [0.25, 0.3) is 0 Å². The summed E-state index contributed by atoms with van der Waals surface area (Å²) in [6, 6.07) is 11.5. The Labute approximate surface area is 132 Å². The third-order valence-electron chi connectivity index (χ3n) is 3.06. The molecule has 0 atom stereocenters. The fourth-order valence-corrected chi connectivity index (χ4v) is 3.18. The maximum Gasteiger partial charge on any atom is 0.219 e. The predicted molar refractivity (Wildman–Crippen MR) is 86.8 cm³/mol. The van der Waals surface area contributed by atoms with Crippen molar-refractivity contribution in [2.45, 2.75) is 13.3 Å². The van der Waals surface area contributed by atoms with Crippen molar-refractivity contribution in [2.75, 3.05) is 11.9 Å². The summed E-state index contributed by atoms with van der Waals surface area (Å²) in [6.07, 6.45) is 0.166. The summed E-state index contributed by atoms with van der Waals surface area (Å²) in [5, 5.41) is 13.1. The molecule has 0 unspecified atom stereocenters. The molecule has 112 valence electrons. The van der Waals surface area contributed by atoms with Gasteiger partial charge in [-0.2, -0.15) is 5.26 Å². The smallest absolute Gasteiger partial charge is 0.219 e. The van der Waals surface area contributed by atoms with Gasteiger partial charge < -0.3 is 11.1 Å². The number of anilines is 1. The largest absolute Gasteiger partial charge is 0.375 e. The summed E-state index contributed by atoms with van der Waals surface area (Å²) in [5.41, 5.74) is 6.99. The third-order valence-corrected chi connectivity index (χ3v) is 4.31. The molecule has 1 aromatic carbocycles. The Balaban J connectivity index is 2.47. The van der Waals surface area contributed by atoms with Gasteiger partial charge in [-0.05, 0) is 12.5 Å². The van der Waals surface area contributed by atoms with Gasteiger partial charge in [-0.25, -0.2) is 0 Å². The topological polar surface area (TPSA) is 96.0 Å². The summed E-state index contributed by atoms with van der Waals surface area (Å²) in [5.74, 6) is -0.513. The number of carbonyl (C=O) groups excluding carboxylic acids is 2. The number of benzene rings is 1. The minimum Gasteiger partial charge on any atom is -0.375 e. The van der Waals surface area contributed by atoms with Crippen LogP contribution in [0, 0.1) is 11.3 Å². The lowest BCUT2D eigenvalue weighted by Gasteiger charge is -2.04. The molecule has 0 saturated carbocycles. The summed E-state index contributed by atoms with van der Waals surface area (Å²) >= 11 is 1.23. The van der Waals surface area contributed by atoms with E-state index in [4.69, 9.17) is 5.73 Å². The van der Waals surface area contributed by atoms with Crippen molar-refractivity contribution < 1.29 is 9.59 Å². The molecule has 0 bridgehead atoms. The fourth-order valence-electron chi connectivity index (χ4n) is 2.09. The van der Waals surface area contributed by atoms with E-state index in [1.165, 1.54) is 18.3 Å². The van der Waals surface area contributed by atoms with Crippen molar-refractivity contribution in [3.63, 3.8) is 0 Å². The molecule has 0 aliphatic rings. The lowest BCUT2D eigenvalue weighted by atomic mass is 10.0. The molecule has 22 heavy (non-hydrogen) atoms. The Hall–Kier alpha value is -2.65. The van der Waals surface area contributed by atoms with E-state index in [1.807, 2.05) is 30.3 Å². The second-order valence-corrected chi connectivity index (χ2v) is 5.71. The van der Waals surface area contributed by atoms with E-state index in [2.05, 4.69) is 11.4 Å². The molecule has 0 fully saturated rings. The number of amides is 1. The van der Waals surface area contributed by atoms with Crippen LogP contribution in [0.4, 0.5) is 5.00 Å². The van der Waals surface area contributed by atoms with Crippen LogP contribution in [-0.4, -0.2) is 18.2 Å². The molecule has 1 heterocycles. The maximum atomic E-state index is 11.9. The van der Waals surface area contributed by atoms with Gasteiger partial charge in [0.1, 0.15) is 11.1 Å². The van der Waals surface area contributed by atoms with E-state index in [9.17, 15) is 14.9 Å². The van der Waals surface area contributed by atoms with Crippen LogP contribution in [0.1, 0.15) is 28.6 Å². The van der Waals surface area contributed by atoms with Crippen LogP contribution in [-0.2, 0) is 4.79 Å². The number of hydrogen-bond acceptors (Lipinski definition) is 5. The molecule has 2 rings (SSSR count). The average Bonchev–Trinajstić information content (AvgIpc) is 2.86. The van der Waals surface area contributed by atoms with Gasteiger partial charge >= 0.3 is 0 Å². The van der Waals surface area contributed by atoms with Crippen LogP contribution in [0.25, 0.3) is 11.1 Å². The minimum atomic E-state index is -0.419. The van der Waals surface area contributed by atoms with Crippen molar-refractivity contribution in [1.82, 2.24) is 0 Å². The number of Topliss-reactive ketones (excluding diaryl/α,β-unsaturated/α-hetero) is 1. The molecule has 5 nitrogen and oxygen atoms in total. The number of rotatable bonds is 6. The van der Waals surface area contributed by atoms with Crippen LogP contribution in [0.3, 0.4) is 0 Å². The number of nitrogens with two attached hydrogens (primary N) is 1. The number of nitrogens with one attached hydrogen (secondary N) is 1. The van der Waals surface area contributed by atoms with Crippen molar-refractivity contribution in [3.05, 3.63) is 40.8 Å². The van der Waals surface area contributed by atoms with E-state index in [0.29, 0.717) is 27.5 Å².